The third kappa shape index (κ3) is 4.72. The zero-order valence-corrected chi connectivity index (χ0v) is 19.3. The smallest absolute Gasteiger partial charge is 0.329 e. The molecule has 0 saturated carbocycles. The first kappa shape index (κ1) is 22.0. The molecule has 2 atom stereocenters. The molecule has 7 heteroatoms. The van der Waals surface area contributed by atoms with E-state index in [2.05, 4.69) is 20.8 Å². The fraction of sp³-hybridized carbons (Fsp3) is 0.682. The molecule has 2 aromatic heterocycles. The summed E-state index contributed by atoms with van der Waals surface area (Å²) in [6.07, 6.45) is 3.81. The van der Waals surface area contributed by atoms with E-state index in [0.717, 1.165) is 36.1 Å². The molecule has 2 heterocycles. The summed E-state index contributed by atoms with van der Waals surface area (Å²) in [7, 11) is 3.88. The number of thiophene rings is 1. The summed E-state index contributed by atoms with van der Waals surface area (Å²) in [4.78, 5) is 35.2. The van der Waals surface area contributed by atoms with Crippen LogP contribution in [0.25, 0.3) is 10.2 Å². The van der Waals surface area contributed by atoms with Crippen LogP contribution < -0.4 is 5.56 Å². The largest absolute Gasteiger partial charge is 0.464 e. The standard InChI is InChI=1S/C22H33N3O3S/c1-13(2)9-10-28-22(27)15(4)25-18(12-24(5)6)23-20-19(21(25)26)16-8-7-14(3)11-17(16)29-20/h13-15H,7-12H2,1-6H3. The molecule has 0 aliphatic heterocycles. The maximum absolute atomic E-state index is 13.6. The monoisotopic (exact) mass is 419 g/mol. The van der Waals surface area contributed by atoms with Crippen molar-refractivity contribution >= 4 is 27.5 Å². The lowest BCUT2D eigenvalue weighted by Gasteiger charge is -2.21. The summed E-state index contributed by atoms with van der Waals surface area (Å²) in [5.41, 5.74) is 1.04. The van der Waals surface area contributed by atoms with Gasteiger partial charge in [0.1, 0.15) is 16.7 Å². The van der Waals surface area contributed by atoms with Crippen molar-refractivity contribution < 1.29 is 9.53 Å². The number of rotatable bonds is 7. The maximum Gasteiger partial charge on any atom is 0.329 e. The molecule has 0 spiro atoms. The van der Waals surface area contributed by atoms with Crippen molar-refractivity contribution in [2.75, 3.05) is 20.7 Å². The van der Waals surface area contributed by atoms with Crippen LogP contribution in [0.2, 0.25) is 0 Å². The molecule has 1 aliphatic rings. The molecule has 2 unspecified atom stereocenters. The van der Waals surface area contributed by atoms with E-state index in [0.29, 0.717) is 36.2 Å². The van der Waals surface area contributed by atoms with Crippen molar-refractivity contribution in [3.05, 3.63) is 26.6 Å². The van der Waals surface area contributed by atoms with Crippen LogP contribution in [0.15, 0.2) is 4.79 Å². The van der Waals surface area contributed by atoms with Gasteiger partial charge in [-0.1, -0.05) is 20.8 Å². The lowest BCUT2D eigenvalue weighted by Crippen LogP contribution is -2.34. The lowest BCUT2D eigenvalue weighted by molar-refractivity contribution is -0.147. The first-order chi connectivity index (χ1) is 13.7. The van der Waals surface area contributed by atoms with Gasteiger partial charge in [-0.15, -0.1) is 11.3 Å². The van der Waals surface area contributed by atoms with E-state index in [9.17, 15) is 9.59 Å². The summed E-state index contributed by atoms with van der Waals surface area (Å²) in [6.45, 7) is 9.05. The van der Waals surface area contributed by atoms with Crippen LogP contribution in [0.4, 0.5) is 0 Å². The minimum atomic E-state index is -0.695. The number of ether oxygens (including phenoxy) is 1. The summed E-state index contributed by atoms with van der Waals surface area (Å²) in [6, 6.07) is -0.695. The number of aromatic nitrogens is 2. The molecule has 0 N–H and O–H groups in total. The third-order valence-corrected chi connectivity index (χ3v) is 6.71. The number of hydrogen-bond acceptors (Lipinski definition) is 6. The molecule has 0 fully saturated rings. The Morgan fingerprint density at radius 1 is 1.34 bits per heavy atom. The van der Waals surface area contributed by atoms with Crippen LogP contribution in [0.3, 0.4) is 0 Å². The fourth-order valence-electron chi connectivity index (χ4n) is 3.86. The second-order valence-corrected chi connectivity index (χ2v) is 10.1. The average Bonchev–Trinajstić information content (AvgIpc) is 2.97. The van der Waals surface area contributed by atoms with E-state index in [1.165, 1.54) is 4.88 Å². The van der Waals surface area contributed by atoms with Crippen LogP contribution in [0.1, 0.15) is 62.8 Å². The van der Waals surface area contributed by atoms with Gasteiger partial charge in [0.05, 0.1) is 18.5 Å². The Kier molecular flexibility index (Phi) is 6.79. The molecule has 0 aromatic carbocycles. The molecule has 29 heavy (non-hydrogen) atoms. The molecular weight excluding hydrogens is 386 g/mol. The van der Waals surface area contributed by atoms with E-state index in [-0.39, 0.29) is 11.5 Å². The van der Waals surface area contributed by atoms with Gasteiger partial charge in [-0.05, 0) is 64.1 Å². The minimum absolute atomic E-state index is 0.104. The number of hydrogen-bond donors (Lipinski definition) is 0. The van der Waals surface area contributed by atoms with Gasteiger partial charge in [0.15, 0.2) is 0 Å². The summed E-state index contributed by atoms with van der Waals surface area (Å²) < 4.78 is 7.03. The van der Waals surface area contributed by atoms with Crippen molar-refractivity contribution in [3.8, 4) is 0 Å². The number of fused-ring (bicyclic) bond motifs is 3. The number of nitrogens with zero attached hydrogens (tertiary/aromatic N) is 3. The maximum atomic E-state index is 13.6. The Bertz CT molecular complexity index is 945. The molecule has 1 aliphatic carbocycles. The number of carbonyl (C=O) groups excluding carboxylic acids is 1. The van der Waals surface area contributed by atoms with Crippen molar-refractivity contribution in [3.63, 3.8) is 0 Å². The van der Waals surface area contributed by atoms with E-state index in [4.69, 9.17) is 9.72 Å². The Morgan fingerprint density at radius 3 is 2.72 bits per heavy atom. The van der Waals surface area contributed by atoms with Crippen LogP contribution in [-0.4, -0.2) is 41.1 Å². The molecule has 0 saturated heterocycles. The van der Waals surface area contributed by atoms with E-state index < -0.39 is 6.04 Å². The zero-order valence-electron chi connectivity index (χ0n) is 18.4. The van der Waals surface area contributed by atoms with Crippen LogP contribution in [0.5, 0.6) is 0 Å². The Morgan fingerprint density at radius 2 is 2.07 bits per heavy atom. The van der Waals surface area contributed by atoms with Gasteiger partial charge in [-0.3, -0.25) is 9.36 Å². The van der Waals surface area contributed by atoms with Gasteiger partial charge in [0.25, 0.3) is 5.56 Å². The second kappa shape index (κ2) is 8.96. The molecule has 0 amide bonds. The molecule has 3 rings (SSSR count). The van der Waals surface area contributed by atoms with Gasteiger partial charge < -0.3 is 9.64 Å². The summed E-state index contributed by atoms with van der Waals surface area (Å²) in [5.74, 6) is 1.34. The molecule has 160 valence electrons. The van der Waals surface area contributed by atoms with E-state index >= 15 is 0 Å². The molecule has 0 bridgehead atoms. The molecule has 6 nitrogen and oxygen atoms in total. The van der Waals surface area contributed by atoms with Gasteiger partial charge in [0.2, 0.25) is 0 Å². The predicted molar refractivity (Wildman–Crippen MR) is 118 cm³/mol. The Labute approximate surface area is 176 Å². The van der Waals surface area contributed by atoms with E-state index in [1.807, 2.05) is 19.0 Å². The van der Waals surface area contributed by atoms with Crippen molar-refractivity contribution in [1.29, 1.82) is 0 Å². The van der Waals surface area contributed by atoms with Gasteiger partial charge in [0, 0.05) is 4.88 Å². The first-order valence-electron chi connectivity index (χ1n) is 10.6. The number of carbonyl (C=O) groups is 1. The molecule has 2 aromatic rings. The molecule has 0 radical (unpaired) electrons. The van der Waals surface area contributed by atoms with Gasteiger partial charge in [-0.25, -0.2) is 9.78 Å². The normalized spacial score (nSPS) is 17.7. The Hall–Kier alpha value is -1.73. The number of aryl methyl sites for hydroxylation is 1. The summed E-state index contributed by atoms with van der Waals surface area (Å²) >= 11 is 1.65. The van der Waals surface area contributed by atoms with Crippen LogP contribution >= 0.6 is 11.3 Å². The van der Waals surface area contributed by atoms with Gasteiger partial charge >= 0.3 is 5.97 Å². The van der Waals surface area contributed by atoms with Crippen LogP contribution in [0, 0.1) is 11.8 Å². The third-order valence-electron chi connectivity index (χ3n) is 5.56. The highest BCUT2D eigenvalue weighted by Gasteiger charge is 2.28. The highest BCUT2D eigenvalue weighted by Crippen LogP contribution is 2.36. The topological polar surface area (TPSA) is 64.4 Å². The Balaban J connectivity index is 2.05. The van der Waals surface area contributed by atoms with Crippen molar-refractivity contribution in [1.82, 2.24) is 14.5 Å². The van der Waals surface area contributed by atoms with Gasteiger partial charge in [-0.2, -0.15) is 0 Å². The quantitative estimate of drug-likeness (QED) is 0.639. The minimum Gasteiger partial charge on any atom is -0.464 e. The predicted octanol–water partition coefficient (Wildman–Crippen LogP) is 3.79. The zero-order chi connectivity index (χ0) is 21.3. The van der Waals surface area contributed by atoms with Crippen molar-refractivity contribution in [2.24, 2.45) is 11.8 Å². The fourth-order valence-corrected chi connectivity index (χ4v) is 5.25. The average molecular weight is 420 g/mol. The highest BCUT2D eigenvalue weighted by molar-refractivity contribution is 7.18. The first-order valence-corrected chi connectivity index (χ1v) is 11.4. The SMILES string of the molecule is CC(C)CCOC(=O)C(C)n1c(CN(C)C)nc2sc3c(c2c1=O)CCC(C)C3. The highest BCUT2D eigenvalue weighted by atomic mass is 32.1. The second-order valence-electron chi connectivity index (χ2n) is 9.00. The van der Waals surface area contributed by atoms with Crippen LogP contribution in [-0.2, 0) is 28.9 Å². The summed E-state index contributed by atoms with van der Waals surface area (Å²) in [5, 5.41) is 0.709. The van der Waals surface area contributed by atoms with E-state index in [1.54, 1.807) is 22.8 Å². The lowest BCUT2D eigenvalue weighted by atomic mass is 9.89. The number of esters is 1. The molecular formula is C22H33N3O3S. The van der Waals surface area contributed by atoms with Crippen molar-refractivity contribution in [2.45, 2.75) is 66.0 Å².